The lowest BCUT2D eigenvalue weighted by Gasteiger charge is -2.32. The summed E-state index contributed by atoms with van der Waals surface area (Å²) in [6.45, 7) is 14.7. The maximum Gasteiger partial charge on any atom is 0.407 e. The Morgan fingerprint density at radius 1 is 0.727 bits per heavy atom. The van der Waals surface area contributed by atoms with E-state index in [1.807, 2.05) is 0 Å². The molecule has 10 atom stereocenters. The van der Waals surface area contributed by atoms with E-state index in [4.69, 9.17) is 28.4 Å². The predicted molar refractivity (Wildman–Crippen MR) is 191 cm³/mol. The second-order valence-electron chi connectivity index (χ2n) is 16.5. The predicted octanol–water partition coefficient (Wildman–Crippen LogP) is 1.16. The maximum absolute atomic E-state index is 13.4. The molecule has 0 spiro atoms. The van der Waals surface area contributed by atoms with Gasteiger partial charge in [-0.15, -0.1) is 0 Å². The lowest BCUT2D eigenvalue weighted by Crippen LogP contribution is -2.51. The standard InChI is InChI=1S/C37H58N4O14/c1-18(42)28-20(15-23-31(28)52-36(6,7)51-23)21(41-34(48)55-35(3,4)5)16-25(45)38-13-11-24(44)40-22(17-26(46)39-14-12-27(47)49-10)30-29(19(2)43)32-33(50-30)54-37(8,9)53-32/h20-23,28-33H,11-17H2,1-10H3,(H,38,45)(H,39,46)(H,40,44)(H,41,48)/t20?,21-,22?,23+,28+,29+,30-,31+,32-,33-/m1/s1. The number of esters is 1. The minimum Gasteiger partial charge on any atom is -0.469 e. The van der Waals surface area contributed by atoms with Crippen molar-refractivity contribution in [1.82, 2.24) is 21.3 Å². The van der Waals surface area contributed by atoms with Crippen molar-refractivity contribution in [3.8, 4) is 0 Å². The molecule has 4 amide bonds. The van der Waals surface area contributed by atoms with Crippen LogP contribution in [0, 0.1) is 17.8 Å². The summed E-state index contributed by atoms with van der Waals surface area (Å²) in [6.07, 6.45) is -4.88. The van der Waals surface area contributed by atoms with Crippen molar-refractivity contribution >= 4 is 41.4 Å². The number of hydrogen-bond donors (Lipinski definition) is 4. The van der Waals surface area contributed by atoms with Crippen LogP contribution < -0.4 is 21.3 Å². The first-order chi connectivity index (χ1) is 25.5. The largest absolute Gasteiger partial charge is 0.469 e. The number of Topliss-reactive ketones (excluding diaryl/α,β-unsaturated/α-hetero) is 2. The number of fused-ring (bicyclic) bond motifs is 2. The SMILES string of the molecule is COC(=O)CCNC(=O)CC(NC(=O)CCNC(=O)C[C@@H](NC(=O)OC(C)(C)C)C1C[C@@H]2OC(C)(C)O[C@@H]2[C@H]1C(C)=O)[C@H]1O[C@@H]2OC(C)(C)O[C@@H]2[C@H]1C(C)=O. The van der Waals surface area contributed by atoms with Gasteiger partial charge in [0.15, 0.2) is 17.9 Å². The summed E-state index contributed by atoms with van der Waals surface area (Å²) in [5.41, 5.74) is -0.822. The summed E-state index contributed by atoms with van der Waals surface area (Å²) in [5.74, 6) is -6.48. The van der Waals surface area contributed by atoms with Gasteiger partial charge in [-0.2, -0.15) is 0 Å². The monoisotopic (exact) mass is 782 g/mol. The van der Waals surface area contributed by atoms with Crippen molar-refractivity contribution in [2.45, 2.75) is 154 Å². The van der Waals surface area contributed by atoms with Gasteiger partial charge in [-0.05, 0) is 74.7 Å². The Morgan fingerprint density at radius 3 is 1.87 bits per heavy atom. The number of rotatable bonds is 16. The number of amides is 4. The van der Waals surface area contributed by atoms with Gasteiger partial charge >= 0.3 is 12.1 Å². The summed E-state index contributed by atoms with van der Waals surface area (Å²) in [6, 6.07) is -1.85. The number of alkyl carbamates (subject to hydrolysis) is 1. The van der Waals surface area contributed by atoms with E-state index in [-0.39, 0.29) is 50.3 Å². The van der Waals surface area contributed by atoms with E-state index in [1.165, 1.54) is 21.0 Å². The fraction of sp³-hybridized carbons (Fsp3) is 0.811. The minimum absolute atomic E-state index is 0.0112. The van der Waals surface area contributed by atoms with Crippen molar-refractivity contribution in [3.05, 3.63) is 0 Å². The molecule has 18 heteroatoms. The molecule has 0 radical (unpaired) electrons. The summed E-state index contributed by atoms with van der Waals surface area (Å²) >= 11 is 0. The van der Waals surface area contributed by atoms with E-state index in [2.05, 4.69) is 26.0 Å². The van der Waals surface area contributed by atoms with Crippen molar-refractivity contribution in [2.24, 2.45) is 17.8 Å². The van der Waals surface area contributed by atoms with E-state index in [1.54, 1.807) is 48.5 Å². The number of ketones is 2. The van der Waals surface area contributed by atoms with Crippen LogP contribution in [0.3, 0.4) is 0 Å². The first kappa shape index (κ1) is 44.0. The van der Waals surface area contributed by atoms with E-state index in [0.29, 0.717) is 6.42 Å². The molecule has 55 heavy (non-hydrogen) atoms. The summed E-state index contributed by atoms with van der Waals surface area (Å²) in [4.78, 5) is 89.9. The van der Waals surface area contributed by atoms with Gasteiger partial charge in [0, 0.05) is 38.4 Å². The average molecular weight is 783 g/mol. The molecule has 0 aromatic heterocycles. The highest BCUT2D eigenvalue weighted by molar-refractivity contribution is 5.84. The molecular weight excluding hydrogens is 724 g/mol. The molecule has 3 saturated heterocycles. The van der Waals surface area contributed by atoms with Gasteiger partial charge in [0.1, 0.15) is 23.3 Å². The van der Waals surface area contributed by atoms with Crippen LogP contribution in [0.15, 0.2) is 0 Å². The van der Waals surface area contributed by atoms with Crippen LogP contribution in [0.2, 0.25) is 0 Å². The third kappa shape index (κ3) is 11.9. The number of methoxy groups -OCH3 is 1. The molecule has 3 heterocycles. The molecule has 1 aliphatic carbocycles. The second kappa shape index (κ2) is 17.6. The molecular formula is C37H58N4O14. The third-order valence-corrected chi connectivity index (χ3v) is 9.89. The number of carbonyl (C=O) groups is 7. The van der Waals surface area contributed by atoms with E-state index < -0.39 is 108 Å². The first-order valence-corrected chi connectivity index (χ1v) is 18.8. The molecule has 0 bridgehead atoms. The smallest absolute Gasteiger partial charge is 0.407 e. The zero-order valence-electron chi connectivity index (χ0n) is 33.4. The fourth-order valence-corrected chi connectivity index (χ4v) is 7.86. The van der Waals surface area contributed by atoms with E-state index in [9.17, 15) is 33.6 Å². The third-order valence-electron chi connectivity index (χ3n) is 9.89. The van der Waals surface area contributed by atoms with Crippen LogP contribution in [0.1, 0.15) is 94.4 Å². The number of ether oxygens (including phenoxy) is 7. The topological polar surface area (TPSA) is 232 Å². The van der Waals surface area contributed by atoms with Gasteiger partial charge in [0.25, 0.3) is 0 Å². The molecule has 0 aromatic rings. The quantitative estimate of drug-likeness (QED) is 0.161. The molecule has 310 valence electrons. The Balaban J connectivity index is 1.41. The van der Waals surface area contributed by atoms with Gasteiger partial charge in [0.05, 0.1) is 49.7 Å². The average Bonchev–Trinajstić information content (AvgIpc) is 3.73. The number of carbonyl (C=O) groups excluding carboxylic acids is 7. The molecule has 2 unspecified atom stereocenters. The number of nitrogens with one attached hydrogen (secondary N) is 4. The summed E-state index contributed by atoms with van der Waals surface area (Å²) in [7, 11) is 1.23. The van der Waals surface area contributed by atoms with Gasteiger partial charge < -0.3 is 54.4 Å². The molecule has 4 aliphatic rings. The van der Waals surface area contributed by atoms with Crippen LogP contribution in [-0.2, 0) is 61.9 Å². The fourth-order valence-electron chi connectivity index (χ4n) is 7.86. The van der Waals surface area contributed by atoms with Gasteiger partial charge in [0.2, 0.25) is 17.7 Å². The van der Waals surface area contributed by atoms with Crippen LogP contribution >= 0.6 is 0 Å². The highest BCUT2D eigenvalue weighted by Crippen LogP contribution is 2.47. The van der Waals surface area contributed by atoms with E-state index in [0.717, 1.165) is 0 Å². The highest BCUT2D eigenvalue weighted by Gasteiger charge is 2.59. The molecule has 0 aromatic carbocycles. The van der Waals surface area contributed by atoms with Gasteiger partial charge in [-0.25, -0.2) is 4.79 Å². The Hall–Kier alpha value is -3.71. The van der Waals surface area contributed by atoms with Crippen LogP contribution in [0.25, 0.3) is 0 Å². The second-order valence-corrected chi connectivity index (χ2v) is 16.5. The molecule has 4 rings (SSSR count). The summed E-state index contributed by atoms with van der Waals surface area (Å²) < 4.78 is 40.1. The molecule has 4 fully saturated rings. The van der Waals surface area contributed by atoms with Crippen LogP contribution in [0.5, 0.6) is 0 Å². The molecule has 4 N–H and O–H groups in total. The van der Waals surface area contributed by atoms with Crippen molar-refractivity contribution in [1.29, 1.82) is 0 Å². The Morgan fingerprint density at radius 2 is 1.29 bits per heavy atom. The van der Waals surface area contributed by atoms with E-state index >= 15 is 0 Å². The molecule has 18 nitrogen and oxygen atoms in total. The van der Waals surface area contributed by atoms with Crippen molar-refractivity contribution in [2.75, 3.05) is 20.2 Å². The maximum atomic E-state index is 13.4. The highest BCUT2D eigenvalue weighted by atomic mass is 16.8. The Bertz CT molecular complexity index is 1480. The Labute approximate surface area is 321 Å². The van der Waals surface area contributed by atoms with Crippen LogP contribution in [-0.4, -0.2) is 122 Å². The Kier molecular flexibility index (Phi) is 14.1. The zero-order chi connectivity index (χ0) is 41.0. The van der Waals surface area contributed by atoms with Crippen molar-refractivity contribution < 1.29 is 66.7 Å². The first-order valence-electron chi connectivity index (χ1n) is 18.8. The minimum atomic E-state index is -1.02. The normalized spacial score (nSPS) is 29.9. The molecule has 3 aliphatic heterocycles. The number of hydrogen-bond acceptors (Lipinski definition) is 14. The van der Waals surface area contributed by atoms with Gasteiger partial charge in [-0.1, -0.05) is 0 Å². The van der Waals surface area contributed by atoms with Gasteiger partial charge in [-0.3, -0.25) is 28.8 Å². The molecule has 1 saturated carbocycles. The summed E-state index contributed by atoms with van der Waals surface area (Å²) in [5, 5.41) is 10.9. The zero-order valence-corrected chi connectivity index (χ0v) is 33.4. The van der Waals surface area contributed by atoms with Crippen molar-refractivity contribution in [3.63, 3.8) is 0 Å². The lowest BCUT2D eigenvalue weighted by atomic mass is 9.84. The lowest BCUT2D eigenvalue weighted by molar-refractivity contribution is -0.213. The van der Waals surface area contributed by atoms with Crippen LogP contribution in [0.4, 0.5) is 4.79 Å².